The van der Waals surface area contributed by atoms with Gasteiger partial charge in [0.25, 0.3) is 0 Å². The minimum Gasteiger partial charge on any atom is -0.471 e. The van der Waals surface area contributed by atoms with E-state index in [0.29, 0.717) is 11.5 Å². The van der Waals surface area contributed by atoms with E-state index in [1.54, 1.807) is 24.7 Å². The molecule has 0 unspecified atom stereocenters. The Labute approximate surface area is 118 Å². The van der Waals surface area contributed by atoms with Gasteiger partial charge in [-0.05, 0) is 24.3 Å². The molecule has 0 aliphatic carbocycles. The molecule has 1 aromatic heterocycles. The molecular formula is C16H8O5. The molecular weight excluding hydrogens is 272 g/mol. The number of furan rings is 1. The molecule has 0 fully saturated rings. The van der Waals surface area contributed by atoms with Crippen LogP contribution in [0.3, 0.4) is 0 Å². The van der Waals surface area contributed by atoms with E-state index in [0.717, 1.165) is 10.8 Å². The highest BCUT2D eigenvalue weighted by Crippen LogP contribution is 2.32. The van der Waals surface area contributed by atoms with Gasteiger partial charge in [-0.15, -0.1) is 0 Å². The van der Waals surface area contributed by atoms with Crippen molar-refractivity contribution in [3.05, 3.63) is 60.1 Å². The Morgan fingerprint density at radius 1 is 0.905 bits per heavy atom. The highest BCUT2D eigenvalue weighted by atomic mass is 16.6. The van der Waals surface area contributed by atoms with Gasteiger partial charge in [-0.1, -0.05) is 12.1 Å². The number of carbonyl (C=O) groups is 2. The first-order valence-electron chi connectivity index (χ1n) is 6.26. The number of ether oxygens (including phenoxy) is 2. The molecule has 0 amide bonds. The zero-order chi connectivity index (χ0) is 14.4. The van der Waals surface area contributed by atoms with Gasteiger partial charge in [-0.2, -0.15) is 0 Å². The van der Waals surface area contributed by atoms with Crippen molar-refractivity contribution in [2.75, 3.05) is 0 Å². The minimum absolute atomic E-state index is 0.219. The molecule has 2 heterocycles. The molecule has 0 saturated carbocycles. The van der Waals surface area contributed by atoms with Crippen LogP contribution < -0.4 is 4.74 Å². The van der Waals surface area contributed by atoms with Crippen molar-refractivity contribution in [1.29, 1.82) is 0 Å². The summed E-state index contributed by atoms with van der Waals surface area (Å²) in [5, 5.41) is 1.75. The van der Waals surface area contributed by atoms with Crippen LogP contribution in [0.2, 0.25) is 0 Å². The van der Waals surface area contributed by atoms with Crippen LogP contribution >= 0.6 is 0 Å². The molecule has 1 aliphatic rings. The number of hydrogen-bond donors (Lipinski definition) is 0. The smallest absolute Gasteiger partial charge is 0.347 e. The van der Waals surface area contributed by atoms with Gasteiger partial charge >= 0.3 is 11.9 Å². The Hall–Kier alpha value is -3.08. The average molecular weight is 280 g/mol. The number of cyclic esters (lactones) is 2. The predicted octanol–water partition coefficient (Wildman–Crippen LogP) is 3.54. The SMILES string of the molecule is O=C1OC(=O)c2cc(Oc3cccc4cocc34)ccc21. The third-order valence-corrected chi connectivity index (χ3v) is 3.32. The van der Waals surface area contributed by atoms with Crippen LogP contribution in [-0.4, -0.2) is 11.9 Å². The lowest BCUT2D eigenvalue weighted by atomic mass is 10.1. The number of fused-ring (bicyclic) bond motifs is 2. The zero-order valence-corrected chi connectivity index (χ0v) is 10.7. The number of rotatable bonds is 2. The number of hydrogen-bond acceptors (Lipinski definition) is 5. The number of carbonyl (C=O) groups excluding carboxylic acids is 2. The maximum atomic E-state index is 11.5. The van der Waals surface area contributed by atoms with E-state index in [1.807, 2.05) is 12.1 Å². The van der Waals surface area contributed by atoms with Gasteiger partial charge in [-0.3, -0.25) is 0 Å². The lowest BCUT2D eigenvalue weighted by Crippen LogP contribution is -1.96. The molecule has 5 nitrogen and oxygen atoms in total. The second kappa shape index (κ2) is 4.21. The van der Waals surface area contributed by atoms with Crippen LogP contribution in [0, 0.1) is 0 Å². The molecule has 21 heavy (non-hydrogen) atoms. The molecule has 0 N–H and O–H groups in total. The molecule has 0 saturated heterocycles. The van der Waals surface area contributed by atoms with Gasteiger partial charge in [0.1, 0.15) is 17.8 Å². The highest BCUT2D eigenvalue weighted by molar-refractivity contribution is 6.14. The summed E-state index contributed by atoms with van der Waals surface area (Å²) in [4.78, 5) is 22.9. The maximum absolute atomic E-state index is 11.5. The molecule has 4 rings (SSSR count). The summed E-state index contributed by atoms with van der Waals surface area (Å²) < 4.78 is 15.5. The summed E-state index contributed by atoms with van der Waals surface area (Å²) >= 11 is 0. The van der Waals surface area contributed by atoms with Gasteiger partial charge in [0.15, 0.2) is 0 Å². The lowest BCUT2D eigenvalue weighted by molar-refractivity contribution is 0.0443. The first kappa shape index (κ1) is 11.7. The van der Waals surface area contributed by atoms with Crippen LogP contribution in [0.15, 0.2) is 53.3 Å². The van der Waals surface area contributed by atoms with Crippen molar-refractivity contribution in [1.82, 2.24) is 0 Å². The van der Waals surface area contributed by atoms with Crippen molar-refractivity contribution >= 4 is 22.7 Å². The average Bonchev–Trinajstić information content (AvgIpc) is 3.06. The topological polar surface area (TPSA) is 65.7 Å². The van der Waals surface area contributed by atoms with Crippen molar-refractivity contribution in [2.45, 2.75) is 0 Å². The van der Waals surface area contributed by atoms with Gasteiger partial charge in [0.2, 0.25) is 0 Å². The van der Waals surface area contributed by atoms with E-state index in [1.165, 1.54) is 12.1 Å². The summed E-state index contributed by atoms with van der Waals surface area (Å²) in [6.45, 7) is 0. The van der Waals surface area contributed by atoms with Crippen LogP contribution in [0.5, 0.6) is 11.5 Å². The minimum atomic E-state index is -0.651. The molecule has 3 aromatic rings. The normalized spacial score (nSPS) is 13.3. The monoisotopic (exact) mass is 280 g/mol. The molecule has 0 spiro atoms. The van der Waals surface area contributed by atoms with Crippen molar-refractivity contribution in [3.63, 3.8) is 0 Å². The molecule has 0 radical (unpaired) electrons. The number of esters is 2. The molecule has 2 aromatic carbocycles. The lowest BCUT2D eigenvalue weighted by Gasteiger charge is -2.07. The van der Waals surface area contributed by atoms with Crippen LogP contribution in [-0.2, 0) is 4.74 Å². The Morgan fingerprint density at radius 3 is 2.67 bits per heavy atom. The maximum Gasteiger partial charge on any atom is 0.347 e. The van der Waals surface area contributed by atoms with E-state index in [4.69, 9.17) is 9.15 Å². The van der Waals surface area contributed by atoms with E-state index in [-0.39, 0.29) is 11.1 Å². The second-order valence-electron chi connectivity index (χ2n) is 4.62. The molecule has 102 valence electrons. The van der Waals surface area contributed by atoms with Gasteiger partial charge in [0, 0.05) is 5.39 Å². The highest BCUT2D eigenvalue weighted by Gasteiger charge is 2.29. The van der Waals surface area contributed by atoms with Crippen molar-refractivity contribution < 1.29 is 23.5 Å². The van der Waals surface area contributed by atoms with Crippen molar-refractivity contribution in [3.8, 4) is 11.5 Å². The summed E-state index contributed by atoms with van der Waals surface area (Å²) in [7, 11) is 0. The van der Waals surface area contributed by atoms with Crippen molar-refractivity contribution in [2.24, 2.45) is 0 Å². The third-order valence-electron chi connectivity index (χ3n) is 3.32. The van der Waals surface area contributed by atoms with Crippen LogP contribution in [0.25, 0.3) is 10.8 Å². The Morgan fingerprint density at radius 2 is 1.76 bits per heavy atom. The quantitative estimate of drug-likeness (QED) is 0.530. The van der Waals surface area contributed by atoms with Crippen LogP contribution in [0.4, 0.5) is 0 Å². The molecule has 1 aliphatic heterocycles. The Kier molecular flexibility index (Phi) is 2.35. The standard InChI is InChI=1S/C16H8O5/c17-15-11-5-4-10(6-12(11)16(18)21-15)20-14-3-1-2-9-7-19-8-13(9)14/h1-8H. The summed E-state index contributed by atoms with van der Waals surface area (Å²) in [6, 6.07) is 10.2. The number of benzene rings is 2. The molecule has 0 atom stereocenters. The Bertz CT molecular complexity index is 891. The fraction of sp³-hybridized carbons (Fsp3) is 0. The van der Waals surface area contributed by atoms with Gasteiger partial charge < -0.3 is 13.9 Å². The fourth-order valence-corrected chi connectivity index (χ4v) is 2.31. The summed E-state index contributed by atoms with van der Waals surface area (Å²) in [5.41, 5.74) is 0.478. The first-order valence-corrected chi connectivity index (χ1v) is 6.26. The predicted molar refractivity (Wildman–Crippen MR) is 72.5 cm³/mol. The Balaban J connectivity index is 1.76. The molecule has 0 bridgehead atoms. The van der Waals surface area contributed by atoms with E-state index in [2.05, 4.69) is 4.74 Å². The largest absolute Gasteiger partial charge is 0.471 e. The zero-order valence-electron chi connectivity index (χ0n) is 10.7. The summed E-state index contributed by atoms with van der Waals surface area (Å²) in [6.07, 6.45) is 3.22. The van der Waals surface area contributed by atoms with E-state index < -0.39 is 11.9 Å². The third kappa shape index (κ3) is 1.79. The second-order valence-corrected chi connectivity index (χ2v) is 4.62. The van der Waals surface area contributed by atoms with Gasteiger partial charge in [-0.25, -0.2) is 9.59 Å². The molecule has 5 heteroatoms. The summed E-state index contributed by atoms with van der Waals surface area (Å²) in [5.74, 6) is -0.214. The first-order chi connectivity index (χ1) is 10.2. The van der Waals surface area contributed by atoms with Crippen LogP contribution in [0.1, 0.15) is 20.7 Å². The van der Waals surface area contributed by atoms with E-state index >= 15 is 0 Å². The fourth-order valence-electron chi connectivity index (χ4n) is 2.31. The van der Waals surface area contributed by atoms with E-state index in [9.17, 15) is 9.59 Å². The van der Waals surface area contributed by atoms with Gasteiger partial charge in [0.05, 0.1) is 22.8 Å².